The number of hydrogen-bond donors (Lipinski definition) is 2. The van der Waals surface area contributed by atoms with E-state index in [0.29, 0.717) is 16.4 Å². The van der Waals surface area contributed by atoms with Gasteiger partial charge in [0.05, 0.1) is 20.1 Å². The van der Waals surface area contributed by atoms with Crippen molar-refractivity contribution >= 4 is 61.1 Å². The first-order chi connectivity index (χ1) is 12.9. The number of halogens is 2. The van der Waals surface area contributed by atoms with E-state index in [2.05, 4.69) is 47.7 Å². The lowest BCUT2D eigenvalue weighted by atomic mass is 10.2. The Bertz CT molecular complexity index is 854. The zero-order chi connectivity index (χ0) is 19.8. The van der Waals surface area contributed by atoms with Crippen molar-refractivity contribution in [2.24, 2.45) is 5.10 Å². The lowest BCUT2D eigenvalue weighted by Crippen LogP contribution is -2.31. The summed E-state index contributed by atoms with van der Waals surface area (Å²) in [7, 11) is 0. The van der Waals surface area contributed by atoms with Crippen LogP contribution in [0.1, 0.15) is 18.1 Å². The number of nitro groups is 1. The predicted molar refractivity (Wildman–Crippen MR) is 116 cm³/mol. The third kappa shape index (κ3) is 6.56. The van der Waals surface area contributed by atoms with E-state index in [1.807, 2.05) is 19.1 Å². The topological polar surface area (TPSA) is 88.8 Å². The summed E-state index contributed by atoms with van der Waals surface area (Å²) in [6, 6.07) is 10.0. The van der Waals surface area contributed by atoms with Crippen molar-refractivity contribution in [2.45, 2.75) is 13.5 Å². The second-order valence-electron chi connectivity index (χ2n) is 5.26. The molecule has 2 aromatic rings. The minimum absolute atomic E-state index is 0.0313. The van der Waals surface area contributed by atoms with Crippen LogP contribution in [0.4, 0.5) is 5.69 Å². The summed E-state index contributed by atoms with van der Waals surface area (Å²) in [5.74, 6) is 0.592. The smallest absolute Gasteiger partial charge is 0.269 e. The molecule has 0 radical (unpaired) electrons. The first kappa shape index (κ1) is 21.3. The Morgan fingerprint density at radius 2 is 2.04 bits per heavy atom. The molecule has 0 aliphatic carbocycles. The molecule has 0 spiro atoms. The van der Waals surface area contributed by atoms with E-state index in [9.17, 15) is 10.1 Å². The van der Waals surface area contributed by atoms with Crippen molar-refractivity contribution < 1.29 is 9.66 Å². The van der Waals surface area contributed by atoms with Crippen LogP contribution in [-0.4, -0.2) is 22.8 Å². The molecule has 10 heteroatoms. The number of non-ortho nitro benzene ring substituents is 1. The predicted octanol–water partition coefficient (Wildman–Crippen LogP) is 4.52. The second-order valence-corrected chi connectivity index (χ2v) is 7.38. The number of rotatable bonds is 7. The molecule has 0 aliphatic rings. The van der Waals surface area contributed by atoms with Crippen LogP contribution >= 0.6 is 44.1 Å². The molecular formula is C17H16Br2N4O3S. The van der Waals surface area contributed by atoms with Crippen molar-refractivity contribution in [1.82, 2.24) is 10.7 Å². The standard InChI is InChI=1S/C17H16Br2N4O3S/c1-2-20-17(27)22-21-9-12-7-14(18)16(15(19)8-12)26-10-11-4-3-5-13(6-11)23(24)25/h3-9H,2,10H2,1H3,(H2,20,22,27)/b21-9-. The fourth-order valence-electron chi connectivity index (χ4n) is 2.07. The number of ether oxygens (including phenoxy) is 1. The first-order valence-corrected chi connectivity index (χ1v) is 9.82. The molecule has 0 aromatic heterocycles. The molecule has 0 saturated heterocycles. The Morgan fingerprint density at radius 1 is 1.33 bits per heavy atom. The molecule has 0 heterocycles. The molecule has 2 N–H and O–H groups in total. The number of nitrogens with zero attached hydrogens (tertiary/aromatic N) is 2. The highest BCUT2D eigenvalue weighted by Crippen LogP contribution is 2.35. The highest BCUT2D eigenvalue weighted by molar-refractivity contribution is 9.11. The first-order valence-electron chi connectivity index (χ1n) is 7.82. The molecule has 0 atom stereocenters. The van der Waals surface area contributed by atoms with Crippen molar-refractivity contribution in [2.75, 3.05) is 6.54 Å². The lowest BCUT2D eigenvalue weighted by molar-refractivity contribution is -0.384. The number of thiocarbonyl (C=S) groups is 1. The summed E-state index contributed by atoms with van der Waals surface area (Å²) < 4.78 is 7.25. The van der Waals surface area contributed by atoms with Gasteiger partial charge < -0.3 is 10.1 Å². The molecule has 0 unspecified atom stereocenters. The Morgan fingerprint density at radius 3 is 2.67 bits per heavy atom. The van der Waals surface area contributed by atoms with Gasteiger partial charge in [0, 0.05) is 18.7 Å². The Kier molecular flexibility index (Phi) is 8.14. The van der Waals surface area contributed by atoms with Crippen LogP contribution in [0.25, 0.3) is 0 Å². The fraction of sp³-hybridized carbons (Fsp3) is 0.176. The van der Waals surface area contributed by atoms with Gasteiger partial charge in [0.2, 0.25) is 0 Å². The SMILES string of the molecule is CCNC(=S)N/N=C\c1cc(Br)c(OCc2cccc([N+](=O)[O-])c2)c(Br)c1. The largest absolute Gasteiger partial charge is 0.487 e. The summed E-state index contributed by atoms with van der Waals surface area (Å²) in [6.45, 7) is 2.86. The number of nitro benzene ring substituents is 1. The number of benzene rings is 2. The molecule has 0 fully saturated rings. The van der Waals surface area contributed by atoms with Gasteiger partial charge in [0.25, 0.3) is 5.69 Å². The monoisotopic (exact) mass is 514 g/mol. The minimum Gasteiger partial charge on any atom is -0.487 e. The van der Waals surface area contributed by atoms with Crippen LogP contribution in [0.2, 0.25) is 0 Å². The van der Waals surface area contributed by atoms with E-state index in [1.54, 1.807) is 18.3 Å². The van der Waals surface area contributed by atoms with Gasteiger partial charge in [-0.15, -0.1) is 0 Å². The number of hydrogen-bond acceptors (Lipinski definition) is 5. The number of hydrazone groups is 1. The van der Waals surface area contributed by atoms with Crippen LogP contribution < -0.4 is 15.5 Å². The highest BCUT2D eigenvalue weighted by atomic mass is 79.9. The van der Waals surface area contributed by atoms with Crippen LogP contribution in [0.5, 0.6) is 5.75 Å². The van der Waals surface area contributed by atoms with Gasteiger partial charge >= 0.3 is 0 Å². The molecule has 2 rings (SSSR count). The van der Waals surface area contributed by atoms with E-state index in [4.69, 9.17) is 17.0 Å². The second kappa shape index (κ2) is 10.3. The van der Waals surface area contributed by atoms with Crippen molar-refractivity contribution in [3.63, 3.8) is 0 Å². The minimum atomic E-state index is -0.431. The summed E-state index contributed by atoms with van der Waals surface area (Å²) in [5.41, 5.74) is 4.28. The molecule has 0 amide bonds. The molecule has 0 aliphatic heterocycles. The Balaban J connectivity index is 2.06. The zero-order valence-electron chi connectivity index (χ0n) is 14.2. The molecule has 0 bridgehead atoms. The summed E-state index contributed by atoms with van der Waals surface area (Å²) in [4.78, 5) is 10.4. The Hall–Kier alpha value is -2.04. The summed E-state index contributed by atoms with van der Waals surface area (Å²) in [6.07, 6.45) is 1.63. The maximum absolute atomic E-state index is 10.9. The van der Waals surface area contributed by atoms with Crippen molar-refractivity contribution in [1.29, 1.82) is 0 Å². The van der Waals surface area contributed by atoms with Gasteiger partial charge in [-0.25, -0.2) is 0 Å². The highest BCUT2D eigenvalue weighted by Gasteiger charge is 2.11. The van der Waals surface area contributed by atoms with E-state index < -0.39 is 4.92 Å². The molecule has 2 aromatic carbocycles. The fourth-order valence-corrected chi connectivity index (χ4v) is 3.72. The van der Waals surface area contributed by atoms with Crippen LogP contribution in [0.15, 0.2) is 50.4 Å². The quantitative estimate of drug-likeness (QED) is 0.244. The average Bonchev–Trinajstić information content (AvgIpc) is 2.61. The van der Waals surface area contributed by atoms with E-state index in [1.165, 1.54) is 12.1 Å². The number of nitrogens with one attached hydrogen (secondary N) is 2. The average molecular weight is 516 g/mol. The van der Waals surface area contributed by atoms with E-state index >= 15 is 0 Å². The normalized spacial score (nSPS) is 10.6. The van der Waals surface area contributed by atoms with Gasteiger partial charge in [-0.3, -0.25) is 15.5 Å². The van der Waals surface area contributed by atoms with Gasteiger partial charge in [-0.2, -0.15) is 5.10 Å². The van der Waals surface area contributed by atoms with E-state index in [0.717, 1.165) is 21.1 Å². The third-order valence-corrected chi connectivity index (χ3v) is 4.66. The molecule has 7 nitrogen and oxygen atoms in total. The van der Waals surface area contributed by atoms with E-state index in [-0.39, 0.29) is 12.3 Å². The maximum Gasteiger partial charge on any atom is 0.269 e. The van der Waals surface area contributed by atoms with Crippen molar-refractivity contribution in [3.05, 3.63) is 66.6 Å². The molecule has 142 valence electrons. The zero-order valence-corrected chi connectivity index (χ0v) is 18.2. The summed E-state index contributed by atoms with van der Waals surface area (Å²) in [5, 5.41) is 18.3. The van der Waals surface area contributed by atoms with Gasteiger partial charge in [-0.1, -0.05) is 12.1 Å². The van der Waals surface area contributed by atoms with Gasteiger partial charge in [-0.05, 0) is 74.3 Å². The van der Waals surface area contributed by atoms with Crippen LogP contribution in [-0.2, 0) is 6.61 Å². The van der Waals surface area contributed by atoms with Crippen LogP contribution in [0, 0.1) is 10.1 Å². The Labute approximate surface area is 178 Å². The molecular weight excluding hydrogens is 500 g/mol. The summed E-state index contributed by atoms with van der Waals surface area (Å²) >= 11 is 12.0. The third-order valence-electron chi connectivity index (χ3n) is 3.24. The van der Waals surface area contributed by atoms with Gasteiger partial charge in [0.15, 0.2) is 5.11 Å². The molecule has 0 saturated carbocycles. The van der Waals surface area contributed by atoms with Crippen molar-refractivity contribution in [3.8, 4) is 5.75 Å². The lowest BCUT2D eigenvalue weighted by Gasteiger charge is -2.11. The molecule has 27 heavy (non-hydrogen) atoms. The maximum atomic E-state index is 10.9. The van der Waals surface area contributed by atoms with Gasteiger partial charge in [0.1, 0.15) is 12.4 Å². The van der Waals surface area contributed by atoms with Crippen LogP contribution in [0.3, 0.4) is 0 Å².